The number of benzene rings is 1. The number of hydrogen-bond acceptors (Lipinski definition) is 9. The summed E-state index contributed by atoms with van der Waals surface area (Å²) in [4.78, 5) is 0. The van der Waals surface area contributed by atoms with Gasteiger partial charge in [0.1, 0.15) is 23.6 Å². The van der Waals surface area contributed by atoms with Crippen LogP contribution >= 0.6 is 0 Å². The normalized spacial score (nSPS) is 43.3. The van der Waals surface area contributed by atoms with Crippen molar-refractivity contribution in [3.8, 4) is 5.75 Å². The van der Waals surface area contributed by atoms with Gasteiger partial charge in [0, 0.05) is 12.3 Å². The first-order valence-electron chi connectivity index (χ1n) is 12.8. The van der Waals surface area contributed by atoms with Crippen LogP contribution in [-0.4, -0.2) is 88.8 Å². The summed E-state index contributed by atoms with van der Waals surface area (Å²) in [6.07, 6.45) is -1.88. The summed E-state index contributed by atoms with van der Waals surface area (Å²) in [5.41, 5.74) is -0.446. The summed E-state index contributed by atoms with van der Waals surface area (Å²) >= 11 is 0. The van der Waals surface area contributed by atoms with Gasteiger partial charge in [-0.1, -0.05) is 25.5 Å². The molecule has 3 fully saturated rings. The lowest BCUT2D eigenvalue weighted by Gasteiger charge is -2.60. The van der Waals surface area contributed by atoms with E-state index in [0.29, 0.717) is 12.8 Å². The largest absolute Gasteiger partial charge is 0.497 e. The molecule has 4 rings (SSSR count). The van der Waals surface area contributed by atoms with Gasteiger partial charge in [-0.25, -0.2) is 0 Å². The Hall–Kier alpha value is -1.30. The van der Waals surface area contributed by atoms with Crippen LogP contribution in [0.5, 0.6) is 5.75 Å². The number of likely N-dealkylation sites (N-methyl/N-ethyl adjacent to an activating group) is 1. The van der Waals surface area contributed by atoms with E-state index in [-0.39, 0.29) is 18.9 Å². The van der Waals surface area contributed by atoms with E-state index in [1.54, 1.807) is 14.2 Å². The van der Waals surface area contributed by atoms with Crippen molar-refractivity contribution < 1.29 is 39.4 Å². The molecule has 2 aliphatic heterocycles. The third-order valence-electron chi connectivity index (χ3n) is 8.09. The summed E-state index contributed by atoms with van der Waals surface area (Å²) < 4.78 is 23.4. The highest BCUT2D eigenvalue weighted by Gasteiger charge is 2.68. The monoisotopic (exact) mass is 495 g/mol. The van der Waals surface area contributed by atoms with Crippen LogP contribution in [0.2, 0.25) is 0 Å². The van der Waals surface area contributed by atoms with Crippen LogP contribution in [0.1, 0.15) is 51.5 Å². The van der Waals surface area contributed by atoms with E-state index >= 15 is 0 Å². The van der Waals surface area contributed by atoms with Crippen LogP contribution in [0, 0.1) is 5.92 Å². The van der Waals surface area contributed by atoms with Gasteiger partial charge in [0.15, 0.2) is 0 Å². The van der Waals surface area contributed by atoms with Gasteiger partial charge in [0.2, 0.25) is 12.1 Å². The van der Waals surface area contributed by atoms with Gasteiger partial charge in [-0.2, -0.15) is 0 Å². The molecule has 3 aliphatic rings. The van der Waals surface area contributed by atoms with Gasteiger partial charge in [-0.15, -0.1) is 0 Å². The number of ether oxygens (including phenoxy) is 4. The molecule has 35 heavy (non-hydrogen) atoms. The van der Waals surface area contributed by atoms with Crippen molar-refractivity contribution in [2.24, 2.45) is 5.92 Å². The third-order valence-corrected chi connectivity index (χ3v) is 8.09. The Morgan fingerprint density at radius 1 is 1.06 bits per heavy atom. The van der Waals surface area contributed by atoms with E-state index in [4.69, 9.17) is 18.9 Å². The number of rotatable bonds is 8. The van der Waals surface area contributed by atoms with Crippen LogP contribution in [-0.2, 0) is 20.6 Å². The molecule has 0 bridgehead atoms. The number of aryl methyl sites for hydroxylation is 1. The Morgan fingerprint density at radius 3 is 2.40 bits per heavy atom. The van der Waals surface area contributed by atoms with Crippen molar-refractivity contribution >= 4 is 0 Å². The number of unbranched alkanes of at least 4 members (excludes halogenated alkanes) is 1. The smallest absolute Gasteiger partial charge is 0.248 e. The molecule has 1 saturated carbocycles. The molecule has 1 aromatic carbocycles. The van der Waals surface area contributed by atoms with E-state index < -0.39 is 54.1 Å². The van der Waals surface area contributed by atoms with Gasteiger partial charge in [0.25, 0.3) is 0 Å². The Morgan fingerprint density at radius 2 is 1.77 bits per heavy atom. The molecule has 0 aromatic heterocycles. The number of nitrogens with one attached hydrogen (secondary N) is 1. The lowest BCUT2D eigenvalue weighted by atomic mass is 9.73. The molecular formula is C26H41NO8. The minimum Gasteiger partial charge on any atom is -0.497 e. The fraction of sp³-hybridized carbons (Fsp3) is 0.769. The molecule has 1 aromatic rings. The molecule has 9 nitrogen and oxygen atoms in total. The van der Waals surface area contributed by atoms with Gasteiger partial charge in [-0.05, 0) is 57.4 Å². The van der Waals surface area contributed by atoms with Crippen LogP contribution in [0.3, 0.4) is 0 Å². The maximum atomic E-state index is 11.7. The number of hydrogen-bond donors (Lipinski definition) is 5. The maximum absolute atomic E-state index is 11.7. The molecule has 1 aliphatic carbocycles. The van der Waals surface area contributed by atoms with Crippen LogP contribution in [0.15, 0.2) is 24.3 Å². The second-order valence-corrected chi connectivity index (χ2v) is 10.3. The van der Waals surface area contributed by atoms with Crippen LogP contribution in [0.4, 0.5) is 0 Å². The molecule has 5 N–H and O–H groups in total. The van der Waals surface area contributed by atoms with Crippen molar-refractivity contribution in [1.29, 1.82) is 0 Å². The SMILES string of the molecule is CC[C@@H]1[C@H](O)[C@H](NC)[C@H]2O[C@]3(O)[C@H](O[C@@H]2[C@H]1O)O[C@H](C)C[C@@]3(O)CCCCc1ccc(OC)cc1. The number of fused-ring (bicyclic) bond motifs is 2. The standard InChI is InChI=1S/C26H41NO8/c1-5-18-20(28)19(27-3)22-23(21(18)29)34-24-26(31,35-22)25(30,14-15(2)33-24)13-7-6-8-16-9-11-17(32-4)12-10-16/h9-12,15,18-24,27-31H,5-8,13-14H2,1-4H3/t15-,18-,19+,20+,21+,22-,23-,24+,25+,26-/m1/s1. The quantitative estimate of drug-likeness (QED) is 0.337. The molecule has 0 spiro atoms. The summed E-state index contributed by atoms with van der Waals surface area (Å²) in [7, 11) is 3.33. The Kier molecular flexibility index (Phi) is 8.10. The predicted octanol–water partition coefficient (Wildman–Crippen LogP) is 1.10. The highest BCUT2D eigenvalue weighted by molar-refractivity contribution is 5.27. The molecule has 0 unspecified atom stereocenters. The molecule has 2 heterocycles. The molecule has 0 radical (unpaired) electrons. The van der Waals surface area contributed by atoms with Crippen molar-refractivity contribution in [1.82, 2.24) is 5.32 Å². The minimum atomic E-state index is -2.13. The highest BCUT2D eigenvalue weighted by atomic mass is 16.8. The van der Waals surface area contributed by atoms with Crippen molar-refractivity contribution in [3.63, 3.8) is 0 Å². The summed E-state index contributed by atoms with van der Waals surface area (Å²) in [5.74, 6) is -1.74. The maximum Gasteiger partial charge on any atom is 0.248 e. The van der Waals surface area contributed by atoms with Crippen molar-refractivity contribution in [2.45, 2.75) is 107 Å². The summed E-state index contributed by atoms with van der Waals surface area (Å²) in [6, 6.07) is 7.31. The van der Waals surface area contributed by atoms with Crippen molar-refractivity contribution in [2.75, 3.05) is 14.2 Å². The molecule has 9 heteroatoms. The second kappa shape index (κ2) is 10.6. The molecule has 2 saturated heterocycles. The van der Waals surface area contributed by atoms with E-state index in [9.17, 15) is 20.4 Å². The summed E-state index contributed by atoms with van der Waals surface area (Å²) in [5, 5.41) is 48.3. The fourth-order valence-electron chi connectivity index (χ4n) is 6.07. The predicted molar refractivity (Wildman–Crippen MR) is 128 cm³/mol. The van der Waals surface area contributed by atoms with Gasteiger partial charge >= 0.3 is 0 Å². The first-order chi connectivity index (χ1) is 16.7. The molecule has 10 atom stereocenters. The fourth-order valence-corrected chi connectivity index (χ4v) is 6.07. The minimum absolute atomic E-state index is 0.177. The number of aliphatic hydroxyl groups is 4. The Bertz CT molecular complexity index is 839. The van der Waals surface area contributed by atoms with Gasteiger partial charge < -0.3 is 44.7 Å². The lowest BCUT2D eigenvalue weighted by molar-refractivity contribution is -0.485. The highest BCUT2D eigenvalue weighted by Crippen LogP contribution is 2.49. The van der Waals surface area contributed by atoms with Crippen LogP contribution < -0.4 is 10.1 Å². The zero-order valence-corrected chi connectivity index (χ0v) is 21.1. The topological polar surface area (TPSA) is 130 Å². The van der Waals surface area contributed by atoms with E-state index in [2.05, 4.69) is 5.32 Å². The summed E-state index contributed by atoms with van der Waals surface area (Å²) in [6.45, 7) is 3.72. The first-order valence-corrected chi connectivity index (χ1v) is 12.8. The zero-order valence-electron chi connectivity index (χ0n) is 21.1. The van der Waals surface area contributed by atoms with Gasteiger partial charge in [0.05, 0.1) is 31.5 Å². The molecule has 0 amide bonds. The number of aliphatic hydroxyl groups excluding tert-OH is 2. The van der Waals surface area contributed by atoms with E-state index in [1.807, 2.05) is 38.1 Å². The Balaban J connectivity index is 1.48. The van der Waals surface area contributed by atoms with E-state index in [1.165, 1.54) is 5.56 Å². The molecular weight excluding hydrogens is 454 g/mol. The lowest BCUT2D eigenvalue weighted by Crippen LogP contribution is -2.78. The number of methoxy groups -OCH3 is 1. The van der Waals surface area contributed by atoms with Crippen LogP contribution in [0.25, 0.3) is 0 Å². The van der Waals surface area contributed by atoms with Crippen molar-refractivity contribution in [3.05, 3.63) is 29.8 Å². The van der Waals surface area contributed by atoms with Gasteiger partial charge in [-0.3, -0.25) is 0 Å². The van der Waals surface area contributed by atoms with E-state index in [0.717, 1.165) is 18.6 Å². The zero-order chi connectivity index (χ0) is 25.4. The average Bonchev–Trinajstić information content (AvgIpc) is 2.83. The first kappa shape index (κ1) is 26.8. The molecule has 198 valence electrons. The Labute approximate surface area is 207 Å². The second-order valence-electron chi connectivity index (χ2n) is 10.3. The average molecular weight is 496 g/mol. The third kappa shape index (κ3) is 4.85.